The fourth-order valence-electron chi connectivity index (χ4n) is 3.91. The van der Waals surface area contributed by atoms with Gasteiger partial charge in [-0.05, 0) is 42.5 Å². The Balaban J connectivity index is 2.02. The average molecular weight is 531 g/mol. The number of aliphatic carboxylic acids is 2. The first kappa shape index (κ1) is 29.8. The van der Waals surface area contributed by atoms with E-state index >= 15 is 0 Å². The number of carbonyl (C=O) groups excluding carboxylic acids is 3. The number of nitrogens with two attached hydrogens (primary N) is 2. The molecule has 0 bridgehead atoms. The van der Waals surface area contributed by atoms with Gasteiger partial charge in [0.2, 0.25) is 17.7 Å². The number of hydrogen-bond donors (Lipinski definition) is 6. The molecule has 1 heterocycles. The van der Waals surface area contributed by atoms with Gasteiger partial charge in [0.05, 0.1) is 18.0 Å². The second kappa shape index (κ2) is 13.8. The maximum Gasteiger partial charge on any atom is 0.326 e. The van der Waals surface area contributed by atoms with Crippen molar-refractivity contribution in [3.05, 3.63) is 35.9 Å². The average Bonchev–Trinajstić information content (AvgIpc) is 2.85. The number of likely N-dealkylation sites (tertiary alicyclic amines) is 1. The SMILES string of the molecule is CC(C)[C@H](NC(=O)[C@H](CC(=O)O)NC(=O)[C@H]1CCCN(C(=O)/C=C/c2ccc(N=C(N)N)cc2)C1)C(=O)O. The number of carboxylic acid groups (broad SMARTS) is 2. The zero-order chi connectivity index (χ0) is 28.4. The van der Waals surface area contributed by atoms with Crippen LogP contribution in [0.2, 0.25) is 0 Å². The Kier molecular flexibility index (Phi) is 10.8. The van der Waals surface area contributed by atoms with Gasteiger partial charge in [0.25, 0.3) is 0 Å². The van der Waals surface area contributed by atoms with Crippen molar-refractivity contribution >= 4 is 47.4 Å². The molecule has 8 N–H and O–H groups in total. The molecule has 1 aliphatic rings. The summed E-state index contributed by atoms with van der Waals surface area (Å²) in [6.07, 6.45) is 3.26. The molecule has 0 spiro atoms. The normalized spacial score (nSPS) is 16.9. The van der Waals surface area contributed by atoms with Gasteiger partial charge in [-0.3, -0.25) is 19.2 Å². The zero-order valence-corrected chi connectivity index (χ0v) is 21.3. The minimum Gasteiger partial charge on any atom is -0.481 e. The third-order valence-electron chi connectivity index (χ3n) is 5.92. The Bertz CT molecular complexity index is 1100. The number of carboxylic acids is 2. The van der Waals surface area contributed by atoms with Crippen LogP contribution in [0.15, 0.2) is 35.3 Å². The van der Waals surface area contributed by atoms with E-state index in [2.05, 4.69) is 15.6 Å². The van der Waals surface area contributed by atoms with Crippen LogP contribution in [0.1, 0.15) is 38.7 Å². The minimum atomic E-state index is -1.46. The standard InChI is InChI=1S/C25H34N6O7/c1-14(2)21(24(37)38)30-23(36)18(12-20(33)34)29-22(35)16-4-3-11-31(13-16)19(32)10-7-15-5-8-17(9-6-15)28-25(26)27/h5-10,14,16,18,21H,3-4,11-13H2,1-2H3,(H,29,35)(H,30,36)(H,33,34)(H,37,38)(H4,26,27,28)/b10-7+/t16-,18-,21-/m0/s1. The monoisotopic (exact) mass is 530 g/mol. The van der Waals surface area contributed by atoms with Crippen LogP contribution in [0.3, 0.4) is 0 Å². The second-order valence-corrected chi connectivity index (χ2v) is 9.31. The van der Waals surface area contributed by atoms with Crippen molar-refractivity contribution in [2.24, 2.45) is 28.3 Å². The summed E-state index contributed by atoms with van der Waals surface area (Å²) in [7, 11) is 0. The van der Waals surface area contributed by atoms with Crippen LogP contribution in [0, 0.1) is 11.8 Å². The van der Waals surface area contributed by atoms with Gasteiger partial charge >= 0.3 is 11.9 Å². The summed E-state index contributed by atoms with van der Waals surface area (Å²) in [4.78, 5) is 66.4. The summed E-state index contributed by atoms with van der Waals surface area (Å²) in [5, 5.41) is 23.2. The van der Waals surface area contributed by atoms with E-state index in [0.29, 0.717) is 25.1 Å². The molecule has 3 amide bonds. The number of hydrogen-bond acceptors (Lipinski definition) is 6. The van der Waals surface area contributed by atoms with Crippen LogP contribution in [-0.4, -0.2) is 75.9 Å². The smallest absolute Gasteiger partial charge is 0.326 e. The van der Waals surface area contributed by atoms with E-state index in [0.717, 1.165) is 5.56 Å². The molecule has 1 aliphatic heterocycles. The van der Waals surface area contributed by atoms with Crippen LogP contribution >= 0.6 is 0 Å². The van der Waals surface area contributed by atoms with Gasteiger partial charge in [-0.15, -0.1) is 0 Å². The lowest BCUT2D eigenvalue weighted by molar-refractivity contribution is -0.144. The van der Waals surface area contributed by atoms with Crippen molar-refractivity contribution in [2.45, 2.75) is 45.2 Å². The first-order valence-corrected chi connectivity index (χ1v) is 12.1. The fraction of sp³-hybridized carbons (Fsp3) is 0.440. The minimum absolute atomic E-state index is 0.0675. The van der Waals surface area contributed by atoms with Crippen molar-refractivity contribution in [3.8, 4) is 0 Å². The van der Waals surface area contributed by atoms with Crippen LogP contribution in [0.25, 0.3) is 6.08 Å². The van der Waals surface area contributed by atoms with Crippen molar-refractivity contribution in [1.82, 2.24) is 15.5 Å². The number of carbonyl (C=O) groups is 5. The molecular formula is C25H34N6O7. The van der Waals surface area contributed by atoms with Crippen molar-refractivity contribution in [2.75, 3.05) is 13.1 Å². The summed E-state index contributed by atoms with van der Waals surface area (Å²) in [5.41, 5.74) is 12.0. The Labute approximate surface area is 220 Å². The number of guanidine groups is 1. The third-order valence-corrected chi connectivity index (χ3v) is 5.92. The van der Waals surface area contributed by atoms with Gasteiger partial charge in [-0.25, -0.2) is 9.79 Å². The molecule has 1 saturated heterocycles. The van der Waals surface area contributed by atoms with Gasteiger partial charge in [0.15, 0.2) is 5.96 Å². The lowest BCUT2D eigenvalue weighted by Crippen LogP contribution is -2.55. The van der Waals surface area contributed by atoms with E-state index in [4.69, 9.17) is 11.5 Å². The van der Waals surface area contributed by atoms with Gasteiger partial charge in [-0.2, -0.15) is 0 Å². The number of rotatable bonds is 11. The molecule has 3 atom stereocenters. The molecule has 13 heteroatoms. The highest BCUT2D eigenvalue weighted by Crippen LogP contribution is 2.19. The molecule has 38 heavy (non-hydrogen) atoms. The van der Waals surface area contributed by atoms with Gasteiger partial charge in [-0.1, -0.05) is 26.0 Å². The first-order valence-electron chi connectivity index (χ1n) is 12.1. The molecule has 0 radical (unpaired) electrons. The van der Waals surface area contributed by atoms with E-state index in [1.165, 1.54) is 11.0 Å². The summed E-state index contributed by atoms with van der Waals surface area (Å²) < 4.78 is 0. The largest absolute Gasteiger partial charge is 0.481 e. The summed E-state index contributed by atoms with van der Waals surface area (Å²) in [5.74, 6) is -5.59. The molecule has 1 aromatic carbocycles. The molecule has 0 aromatic heterocycles. The summed E-state index contributed by atoms with van der Waals surface area (Å²) >= 11 is 0. The molecule has 206 valence electrons. The quantitative estimate of drug-likeness (QED) is 0.129. The topological polar surface area (TPSA) is 218 Å². The van der Waals surface area contributed by atoms with Gasteiger partial charge in [0.1, 0.15) is 12.1 Å². The maximum atomic E-state index is 12.9. The van der Waals surface area contributed by atoms with Gasteiger partial charge < -0.3 is 37.2 Å². The van der Waals surface area contributed by atoms with Gasteiger partial charge in [0, 0.05) is 19.2 Å². The Morgan fingerprint density at radius 2 is 1.76 bits per heavy atom. The number of amides is 3. The zero-order valence-electron chi connectivity index (χ0n) is 21.3. The highest BCUT2D eigenvalue weighted by Gasteiger charge is 2.33. The fourth-order valence-corrected chi connectivity index (χ4v) is 3.91. The van der Waals surface area contributed by atoms with Crippen LogP contribution in [0.5, 0.6) is 0 Å². The predicted molar refractivity (Wildman–Crippen MR) is 139 cm³/mol. The Hall–Kier alpha value is -4.42. The second-order valence-electron chi connectivity index (χ2n) is 9.31. The molecule has 0 saturated carbocycles. The number of aliphatic imine (C=N–C) groups is 1. The van der Waals surface area contributed by atoms with E-state index in [1.54, 1.807) is 44.2 Å². The number of piperidine rings is 1. The van der Waals surface area contributed by atoms with Crippen molar-refractivity contribution in [1.29, 1.82) is 0 Å². The van der Waals surface area contributed by atoms with E-state index in [9.17, 15) is 34.2 Å². The molecule has 2 rings (SSSR count). The molecule has 1 fully saturated rings. The number of nitrogens with one attached hydrogen (secondary N) is 2. The van der Waals surface area contributed by atoms with Crippen LogP contribution in [0.4, 0.5) is 5.69 Å². The third kappa shape index (κ3) is 9.22. The number of benzene rings is 1. The number of nitrogens with zero attached hydrogens (tertiary/aromatic N) is 2. The van der Waals surface area contributed by atoms with E-state index in [1.807, 2.05) is 0 Å². The molecule has 13 nitrogen and oxygen atoms in total. The molecule has 0 aliphatic carbocycles. The molecule has 1 aromatic rings. The van der Waals surface area contributed by atoms with Crippen LogP contribution < -0.4 is 22.1 Å². The summed E-state index contributed by atoms with van der Waals surface area (Å²) in [6, 6.07) is 4.14. The first-order chi connectivity index (χ1) is 17.9. The Morgan fingerprint density at radius 3 is 2.32 bits per heavy atom. The van der Waals surface area contributed by atoms with E-state index in [-0.39, 0.29) is 18.4 Å². The highest BCUT2D eigenvalue weighted by atomic mass is 16.4. The lowest BCUT2D eigenvalue weighted by Gasteiger charge is -2.32. The summed E-state index contributed by atoms with van der Waals surface area (Å²) in [6.45, 7) is 3.70. The lowest BCUT2D eigenvalue weighted by atomic mass is 9.96. The predicted octanol–water partition coefficient (Wildman–Crippen LogP) is 0.0282. The highest BCUT2D eigenvalue weighted by molar-refractivity contribution is 5.94. The molecule has 0 unspecified atom stereocenters. The maximum absolute atomic E-state index is 12.9. The Morgan fingerprint density at radius 1 is 1.11 bits per heavy atom. The van der Waals surface area contributed by atoms with Crippen LogP contribution in [-0.2, 0) is 24.0 Å². The van der Waals surface area contributed by atoms with Crippen molar-refractivity contribution in [3.63, 3.8) is 0 Å². The van der Waals surface area contributed by atoms with Crippen molar-refractivity contribution < 1.29 is 34.2 Å². The molecular weight excluding hydrogens is 496 g/mol. The van der Waals surface area contributed by atoms with E-state index < -0.39 is 54.1 Å².